The molecule has 2 amide bonds. The van der Waals surface area contributed by atoms with Crippen LogP contribution in [-0.2, 0) is 22.3 Å². The van der Waals surface area contributed by atoms with Crippen LogP contribution >= 0.6 is 0 Å². The number of likely N-dealkylation sites (tertiary alicyclic amines) is 1. The van der Waals surface area contributed by atoms with Gasteiger partial charge in [0.1, 0.15) is 11.4 Å². The highest BCUT2D eigenvalue weighted by atomic mass is 16.3. The lowest BCUT2D eigenvalue weighted by Gasteiger charge is -2.29. The number of hydrogen-bond acceptors (Lipinski definition) is 4. The molecule has 2 aliphatic heterocycles. The molecule has 0 aromatic heterocycles. The molecule has 2 fully saturated rings. The second kappa shape index (κ2) is 10.6. The fourth-order valence-corrected chi connectivity index (χ4v) is 5.61. The van der Waals surface area contributed by atoms with Crippen molar-refractivity contribution < 1.29 is 14.7 Å². The van der Waals surface area contributed by atoms with Gasteiger partial charge in [-0.05, 0) is 46.9 Å². The van der Waals surface area contributed by atoms with E-state index in [0.717, 1.165) is 23.1 Å². The van der Waals surface area contributed by atoms with Gasteiger partial charge in [-0.15, -0.1) is 0 Å². The molecule has 2 N–H and O–H groups in total. The van der Waals surface area contributed by atoms with E-state index in [1.807, 2.05) is 55.5 Å². The number of benzene rings is 2. The molecule has 38 heavy (non-hydrogen) atoms. The number of nitrogens with one attached hydrogen (secondary N) is 1. The van der Waals surface area contributed by atoms with Gasteiger partial charge in [-0.3, -0.25) is 14.5 Å². The van der Waals surface area contributed by atoms with Crippen molar-refractivity contribution in [3.8, 4) is 0 Å². The van der Waals surface area contributed by atoms with Gasteiger partial charge in [0.25, 0.3) is 11.8 Å². The molecule has 0 radical (unpaired) electrons. The molecule has 0 spiro atoms. The predicted molar refractivity (Wildman–Crippen MR) is 151 cm³/mol. The van der Waals surface area contributed by atoms with Crippen LogP contribution in [0.25, 0.3) is 0 Å². The molecule has 6 heteroatoms. The van der Waals surface area contributed by atoms with Crippen LogP contribution in [0.15, 0.2) is 60.9 Å². The fourth-order valence-electron chi connectivity index (χ4n) is 5.61. The van der Waals surface area contributed by atoms with Gasteiger partial charge in [0.15, 0.2) is 0 Å². The molecular weight excluding hydrogens is 474 g/mol. The Labute approximate surface area is 227 Å². The van der Waals surface area contributed by atoms with Crippen LogP contribution in [0, 0.1) is 11.8 Å². The summed E-state index contributed by atoms with van der Waals surface area (Å²) in [5, 5.41) is 13.7. The maximum atomic E-state index is 14.1. The molecule has 3 atom stereocenters. The van der Waals surface area contributed by atoms with Crippen LogP contribution in [0.1, 0.15) is 81.4 Å². The van der Waals surface area contributed by atoms with E-state index >= 15 is 0 Å². The number of amides is 2. The van der Waals surface area contributed by atoms with E-state index in [2.05, 4.69) is 46.5 Å². The molecule has 2 saturated heterocycles. The van der Waals surface area contributed by atoms with E-state index in [1.54, 1.807) is 9.80 Å². The lowest BCUT2D eigenvalue weighted by Crippen LogP contribution is -2.44. The van der Waals surface area contributed by atoms with Crippen LogP contribution in [-0.4, -0.2) is 45.9 Å². The Hall–Kier alpha value is -3.12. The third-order valence-electron chi connectivity index (χ3n) is 7.98. The van der Waals surface area contributed by atoms with Crippen LogP contribution < -0.4 is 5.32 Å². The molecule has 2 aromatic carbocycles. The third-order valence-corrected chi connectivity index (χ3v) is 7.98. The number of aliphatic hydroxyl groups is 1. The number of rotatable bonds is 7. The van der Waals surface area contributed by atoms with Gasteiger partial charge in [-0.1, -0.05) is 90.6 Å². The summed E-state index contributed by atoms with van der Waals surface area (Å²) in [6.45, 7) is 18.0. The lowest BCUT2D eigenvalue weighted by molar-refractivity contribution is -0.132. The molecule has 2 unspecified atom stereocenters. The largest absolute Gasteiger partial charge is 0.391 e. The molecule has 2 heterocycles. The maximum absolute atomic E-state index is 14.1. The van der Waals surface area contributed by atoms with Gasteiger partial charge in [0, 0.05) is 24.6 Å². The topological polar surface area (TPSA) is 72.9 Å². The number of carbonyl (C=O) groups excluding carboxylic acids is 2. The van der Waals surface area contributed by atoms with Crippen molar-refractivity contribution >= 4 is 11.8 Å². The first kappa shape index (κ1) is 27.9. The molecule has 4 rings (SSSR count). The van der Waals surface area contributed by atoms with Crippen LogP contribution in [0.4, 0.5) is 0 Å². The van der Waals surface area contributed by atoms with E-state index in [0.29, 0.717) is 43.4 Å². The van der Waals surface area contributed by atoms with Crippen molar-refractivity contribution in [3.63, 3.8) is 0 Å². The third kappa shape index (κ3) is 5.37. The molecule has 0 saturated carbocycles. The molecule has 204 valence electrons. The molecule has 0 bridgehead atoms. The van der Waals surface area contributed by atoms with Crippen molar-refractivity contribution in [1.29, 1.82) is 0 Å². The Kier molecular flexibility index (Phi) is 7.76. The van der Waals surface area contributed by atoms with Crippen molar-refractivity contribution in [1.82, 2.24) is 15.1 Å². The van der Waals surface area contributed by atoms with E-state index in [1.165, 1.54) is 0 Å². The number of hydrogen-bond donors (Lipinski definition) is 2. The highest BCUT2D eigenvalue weighted by Gasteiger charge is 2.49. The molecule has 6 nitrogen and oxygen atoms in total. The average molecular weight is 518 g/mol. The second-order valence-corrected chi connectivity index (χ2v) is 12.6. The Morgan fingerprint density at radius 3 is 2.42 bits per heavy atom. The molecule has 2 aromatic rings. The van der Waals surface area contributed by atoms with Crippen molar-refractivity contribution in [2.75, 3.05) is 13.1 Å². The van der Waals surface area contributed by atoms with Gasteiger partial charge >= 0.3 is 0 Å². The Morgan fingerprint density at radius 1 is 1.16 bits per heavy atom. The summed E-state index contributed by atoms with van der Waals surface area (Å²) in [5.74, 6) is 0.998. The Morgan fingerprint density at radius 2 is 1.84 bits per heavy atom. The van der Waals surface area contributed by atoms with Gasteiger partial charge in [-0.2, -0.15) is 0 Å². The van der Waals surface area contributed by atoms with Gasteiger partial charge in [0.05, 0.1) is 12.6 Å². The smallest absolute Gasteiger partial charge is 0.258 e. The predicted octanol–water partition coefficient (Wildman–Crippen LogP) is 5.17. The standard InChI is InChI=1S/C32H43N3O3/c1-21(2)15-16-32(25-11-9-8-10-12-25)30(38)35(23(4)33-32)19-24-13-14-27(31(5,6)7)26(17-24)29(37)34-18-22(3)28(36)20-34/h8-14,17,21-22,28,33,36H,4,15-16,18-20H2,1-3,5-7H3/t22?,28?,32-/m1/s1. The number of β-amino-alcohol motifs (C(OH)–C–C–N with tert-alkyl or cyclic N) is 1. The summed E-state index contributed by atoms with van der Waals surface area (Å²) in [6, 6.07) is 15.8. The first-order valence-electron chi connectivity index (χ1n) is 13.8. The van der Waals surface area contributed by atoms with E-state index in [-0.39, 0.29) is 23.1 Å². The van der Waals surface area contributed by atoms with Crippen molar-refractivity contribution in [2.45, 2.75) is 78.0 Å². The summed E-state index contributed by atoms with van der Waals surface area (Å²) in [6.07, 6.45) is 1.06. The minimum Gasteiger partial charge on any atom is -0.391 e. The number of aliphatic hydroxyl groups excluding tert-OH is 1. The lowest BCUT2D eigenvalue weighted by atomic mass is 9.82. The zero-order chi connectivity index (χ0) is 27.8. The fraction of sp³-hybridized carbons (Fsp3) is 0.500. The minimum absolute atomic E-state index is 0.0152. The van der Waals surface area contributed by atoms with Crippen LogP contribution in [0.5, 0.6) is 0 Å². The van der Waals surface area contributed by atoms with Crippen molar-refractivity contribution in [3.05, 3.63) is 83.2 Å². The highest BCUT2D eigenvalue weighted by Crippen LogP contribution is 2.38. The number of carbonyl (C=O) groups is 2. The average Bonchev–Trinajstić information content (AvgIpc) is 3.33. The molecule has 0 aliphatic carbocycles. The molecular formula is C32H43N3O3. The first-order chi connectivity index (χ1) is 17.8. The monoisotopic (exact) mass is 517 g/mol. The normalized spacial score (nSPS) is 23.9. The van der Waals surface area contributed by atoms with Gasteiger partial charge < -0.3 is 15.3 Å². The van der Waals surface area contributed by atoms with E-state index < -0.39 is 11.6 Å². The highest BCUT2D eigenvalue weighted by molar-refractivity contribution is 5.97. The van der Waals surface area contributed by atoms with Crippen LogP contribution in [0.3, 0.4) is 0 Å². The maximum Gasteiger partial charge on any atom is 0.258 e. The summed E-state index contributed by atoms with van der Waals surface area (Å²) >= 11 is 0. The Balaban J connectivity index is 1.66. The van der Waals surface area contributed by atoms with Crippen molar-refractivity contribution in [2.24, 2.45) is 11.8 Å². The number of nitrogens with zero attached hydrogens (tertiary/aromatic N) is 2. The summed E-state index contributed by atoms with van der Waals surface area (Å²) in [7, 11) is 0. The summed E-state index contributed by atoms with van der Waals surface area (Å²) < 4.78 is 0. The zero-order valence-electron chi connectivity index (χ0n) is 23.8. The van der Waals surface area contributed by atoms with E-state index in [9.17, 15) is 14.7 Å². The second-order valence-electron chi connectivity index (χ2n) is 12.6. The van der Waals surface area contributed by atoms with E-state index in [4.69, 9.17) is 0 Å². The SMILES string of the molecule is C=C1N[C@](CCC(C)C)(c2ccccc2)C(=O)N1Cc1ccc(C(C)(C)C)c(C(=O)N2CC(C)C(O)C2)c1. The van der Waals surface area contributed by atoms with Gasteiger partial charge in [0.2, 0.25) is 0 Å². The minimum atomic E-state index is -0.853. The quantitative estimate of drug-likeness (QED) is 0.531. The summed E-state index contributed by atoms with van der Waals surface area (Å²) in [5.41, 5.74) is 2.32. The Bertz CT molecular complexity index is 1190. The first-order valence-corrected chi connectivity index (χ1v) is 13.8. The van der Waals surface area contributed by atoms with Crippen LogP contribution in [0.2, 0.25) is 0 Å². The van der Waals surface area contributed by atoms with Gasteiger partial charge in [-0.25, -0.2) is 0 Å². The zero-order valence-corrected chi connectivity index (χ0v) is 23.8. The summed E-state index contributed by atoms with van der Waals surface area (Å²) in [4.78, 5) is 31.2. The molecule has 2 aliphatic rings.